The zero-order chi connectivity index (χ0) is 16.9. The number of benzene rings is 2. The minimum atomic E-state index is -0.455. The number of anilines is 1. The van der Waals surface area contributed by atoms with E-state index in [0.717, 1.165) is 43.2 Å². The molecule has 4 nitrogen and oxygen atoms in total. The Morgan fingerprint density at radius 2 is 1.52 bits per heavy atom. The van der Waals surface area contributed by atoms with Crippen LogP contribution in [0, 0.1) is 0 Å². The van der Waals surface area contributed by atoms with Crippen molar-refractivity contribution < 1.29 is 9.84 Å². The number of aliphatic hydroxyl groups excluding tert-OH is 1. The van der Waals surface area contributed by atoms with Crippen molar-refractivity contribution in [2.75, 3.05) is 38.2 Å². The fourth-order valence-corrected chi connectivity index (χ4v) is 3.39. The molecule has 1 fully saturated rings. The topological polar surface area (TPSA) is 35.9 Å². The second-order valence-electron chi connectivity index (χ2n) is 6.29. The van der Waals surface area contributed by atoms with Crippen LogP contribution >= 0.6 is 12.4 Å². The van der Waals surface area contributed by atoms with E-state index in [9.17, 15) is 5.11 Å². The molecule has 0 aromatic heterocycles. The quantitative estimate of drug-likeness (QED) is 0.884. The maximum Gasteiger partial charge on any atom is 0.142 e. The molecule has 1 heterocycles. The van der Waals surface area contributed by atoms with E-state index < -0.39 is 6.10 Å². The summed E-state index contributed by atoms with van der Waals surface area (Å²) in [7, 11) is 1.72. The molecule has 0 radical (unpaired) electrons. The minimum Gasteiger partial charge on any atom is -0.495 e. The summed E-state index contributed by atoms with van der Waals surface area (Å²) in [6.45, 7) is 5.85. The summed E-state index contributed by atoms with van der Waals surface area (Å²) < 4.78 is 5.47. The summed E-state index contributed by atoms with van der Waals surface area (Å²) in [5.74, 6) is 0.920. The molecule has 0 bridgehead atoms. The highest BCUT2D eigenvalue weighted by molar-refractivity contribution is 5.85. The van der Waals surface area contributed by atoms with Gasteiger partial charge in [0.15, 0.2) is 0 Å². The average molecular weight is 363 g/mol. The number of ether oxygens (including phenoxy) is 1. The summed E-state index contributed by atoms with van der Waals surface area (Å²) in [4.78, 5) is 4.72. The molecular weight excluding hydrogens is 336 g/mol. The molecule has 1 aliphatic rings. The lowest BCUT2D eigenvalue weighted by atomic mass is 10.0. The molecule has 25 heavy (non-hydrogen) atoms. The number of methoxy groups -OCH3 is 1. The standard InChI is InChI=1S/C20H26N2O2.ClH/c1-16(20(23)17-8-4-3-5-9-17)21-12-14-22(15-13-21)18-10-6-7-11-19(18)24-2;/h3-11,16,20,23H,12-15H2,1-2H3;1H/t16-,20-;/m1./s1. The van der Waals surface area contributed by atoms with Crippen molar-refractivity contribution in [1.82, 2.24) is 4.90 Å². The van der Waals surface area contributed by atoms with Crippen LogP contribution in [0.15, 0.2) is 54.6 Å². The van der Waals surface area contributed by atoms with Gasteiger partial charge < -0.3 is 14.7 Å². The lowest BCUT2D eigenvalue weighted by Gasteiger charge is -2.40. The van der Waals surface area contributed by atoms with E-state index in [0.29, 0.717) is 0 Å². The van der Waals surface area contributed by atoms with Gasteiger partial charge in [0, 0.05) is 32.2 Å². The van der Waals surface area contributed by atoms with Crippen LogP contribution in [-0.4, -0.2) is 49.3 Å². The smallest absolute Gasteiger partial charge is 0.142 e. The van der Waals surface area contributed by atoms with Gasteiger partial charge in [-0.15, -0.1) is 12.4 Å². The third-order valence-corrected chi connectivity index (χ3v) is 4.91. The molecule has 1 aliphatic heterocycles. The zero-order valence-electron chi connectivity index (χ0n) is 14.8. The highest BCUT2D eigenvalue weighted by atomic mass is 35.5. The molecule has 0 saturated carbocycles. The van der Waals surface area contributed by atoms with Crippen molar-refractivity contribution in [1.29, 1.82) is 0 Å². The molecule has 3 rings (SSSR count). The molecule has 0 aliphatic carbocycles. The van der Waals surface area contributed by atoms with Crippen LogP contribution in [0.4, 0.5) is 5.69 Å². The number of rotatable bonds is 5. The van der Waals surface area contributed by atoms with E-state index in [1.54, 1.807) is 7.11 Å². The molecule has 2 atom stereocenters. The average Bonchev–Trinajstić information content (AvgIpc) is 2.67. The molecule has 1 saturated heterocycles. The second kappa shape index (κ2) is 9.09. The molecule has 1 N–H and O–H groups in total. The van der Waals surface area contributed by atoms with Gasteiger partial charge >= 0.3 is 0 Å². The number of para-hydroxylation sites is 2. The van der Waals surface area contributed by atoms with Crippen LogP contribution in [0.5, 0.6) is 5.75 Å². The van der Waals surface area contributed by atoms with Crippen LogP contribution in [0.2, 0.25) is 0 Å². The van der Waals surface area contributed by atoms with Gasteiger partial charge in [-0.2, -0.15) is 0 Å². The van der Waals surface area contributed by atoms with E-state index in [2.05, 4.69) is 22.8 Å². The Labute approximate surface area is 156 Å². The van der Waals surface area contributed by atoms with Crippen molar-refractivity contribution in [3.8, 4) is 5.75 Å². The van der Waals surface area contributed by atoms with Gasteiger partial charge in [-0.3, -0.25) is 4.90 Å². The molecule has 136 valence electrons. The van der Waals surface area contributed by atoms with Crippen molar-refractivity contribution in [2.45, 2.75) is 19.1 Å². The van der Waals surface area contributed by atoms with Crippen molar-refractivity contribution in [3.05, 3.63) is 60.2 Å². The molecule has 2 aromatic carbocycles. The predicted molar refractivity (Wildman–Crippen MR) is 105 cm³/mol. The Balaban J connectivity index is 0.00000225. The molecule has 5 heteroatoms. The monoisotopic (exact) mass is 362 g/mol. The van der Waals surface area contributed by atoms with Gasteiger partial charge in [-0.05, 0) is 24.6 Å². The summed E-state index contributed by atoms with van der Waals surface area (Å²) in [5, 5.41) is 10.6. The third kappa shape index (κ3) is 4.46. The number of piperazine rings is 1. The lowest BCUT2D eigenvalue weighted by Crippen LogP contribution is -2.51. The predicted octanol–water partition coefficient (Wildman–Crippen LogP) is 3.36. The first-order chi connectivity index (χ1) is 11.7. The fourth-order valence-electron chi connectivity index (χ4n) is 3.39. The molecule has 0 unspecified atom stereocenters. The van der Waals surface area contributed by atoms with E-state index in [4.69, 9.17) is 4.74 Å². The largest absolute Gasteiger partial charge is 0.495 e. The van der Waals surface area contributed by atoms with Crippen LogP contribution in [0.3, 0.4) is 0 Å². The summed E-state index contributed by atoms with van der Waals surface area (Å²) in [5.41, 5.74) is 2.13. The fraction of sp³-hybridized carbons (Fsp3) is 0.400. The summed E-state index contributed by atoms with van der Waals surface area (Å²) in [6.07, 6.45) is -0.455. The van der Waals surface area contributed by atoms with Gasteiger partial charge in [0.1, 0.15) is 5.75 Å². The number of hydrogen-bond donors (Lipinski definition) is 1. The van der Waals surface area contributed by atoms with Crippen molar-refractivity contribution >= 4 is 18.1 Å². The first-order valence-electron chi connectivity index (χ1n) is 8.55. The van der Waals surface area contributed by atoms with E-state index in [1.165, 1.54) is 0 Å². The van der Waals surface area contributed by atoms with E-state index in [-0.39, 0.29) is 18.4 Å². The highest BCUT2D eigenvalue weighted by Crippen LogP contribution is 2.29. The highest BCUT2D eigenvalue weighted by Gasteiger charge is 2.27. The van der Waals surface area contributed by atoms with Crippen molar-refractivity contribution in [2.24, 2.45) is 0 Å². The summed E-state index contributed by atoms with van der Waals surface area (Å²) in [6, 6.07) is 18.2. The van der Waals surface area contributed by atoms with Gasteiger partial charge in [-0.1, -0.05) is 42.5 Å². The maximum absolute atomic E-state index is 10.6. The molecule has 2 aromatic rings. The molecular formula is C20H27ClN2O2. The van der Waals surface area contributed by atoms with Crippen LogP contribution in [0.25, 0.3) is 0 Å². The Morgan fingerprint density at radius 1 is 0.920 bits per heavy atom. The Bertz CT molecular complexity index is 645. The maximum atomic E-state index is 10.6. The first-order valence-corrected chi connectivity index (χ1v) is 8.55. The summed E-state index contributed by atoms with van der Waals surface area (Å²) >= 11 is 0. The second-order valence-corrected chi connectivity index (χ2v) is 6.29. The van der Waals surface area contributed by atoms with Gasteiger partial charge in [0.2, 0.25) is 0 Å². The SMILES string of the molecule is COc1ccccc1N1CCN([C@H](C)[C@@H](O)c2ccccc2)CC1.Cl. The Morgan fingerprint density at radius 3 is 2.16 bits per heavy atom. The number of nitrogens with zero attached hydrogens (tertiary/aromatic N) is 2. The lowest BCUT2D eigenvalue weighted by molar-refractivity contribution is 0.0545. The first kappa shape index (κ1) is 19.6. The van der Waals surface area contributed by atoms with Gasteiger partial charge in [-0.25, -0.2) is 0 Å². The number of halogens is 1. The Kier molecular flexibility index (Phi) is 7.12. The van der Waals surface area contributed by atoms with Crippen molar-refractivity contribution in [3.63, 3.8) is 0 Å². The van der Waals surface area contributed by atoms with Crippen LogP contribution in [0.1, 0.15) is 18.6 Å². The normalized spacial score (nSPS) is 17.5. The minimum absolute atomic E-state index is 0. The van der Waals surface area contributed by atoms with Crippen LogP contribution in [-0.2, 0) is 0 Å². The Hall–Kier alpha value is -1.75. The number of hydrogen-bond acceptors (Lipinski definition) is 4. The molecule has 0 amide bonds. The van der Waals surface area contributed by atoms with Gasteiger partial charge in [0.05, 0.1) is 18.9 Å². The van der Waals surface area contributed by atoms with Crippen LogP contribution < -0.4 is 9.64 Å². The van der Waals surface area contributed by atoms with E-state index >= 15 is 0 Å². The van der Waals surface area contributed by atoms with Gasteiger partial charge in [0.25, 0.3) is 0 Å². The third-order valence-electron chi connectivity index (χ3n) is 4.91. The van der Waals surface area contributed by atoms with E-state index in [1.807, 2.05) is 48.5 Å². The molecule has 0 spiro atoms. The zero-order valence-corrected chi connectivity index (χ0v) is 15.7. The number of aliphatic hydroxyl groups is 1.